The number of nitrogens with zero attached hydrogens (tertiary/aromatic N) is 2. The van der Waals surface area contributed by atoms with E-state index < -0.39 is 17.8 Å². The van der Waals surface area contributed by atoms with E-state index in [4.69, 9.17) is 0 Å². The number of nitrogens with one attached hydrogen (secondary N) is 1. The van der Waals surface area contributed by atoms with Crippen LogP contribution in [0.1, 0.15) is 38.4 Å². The largest absolute Gasteiger partial charge is 0.481 e. The van der Waals surface area contributed by atoms with E-state index in [9.17, 15) is 14.7 Å². The number of fused-ring (bicyclic) bond motifs is 1. The normalized spacial score (nSPS) is 20.1. The van der Waals surface area contributed by atoms with E-state index in [2.05, 4.69) is 10.3 Å². The zero-order chi connectivity index (χ0) is 20.6. The quantitative estimate of drug-likeness (QED) is 0.747. The molecule has 2 N–H and O–H groups in total. The molecule has 1 aliphatic rings. The van der Waals surface area contributed by atoms with Crippen LogP contribution in [0.4, 0.5) is 4.39 Å². The lowest BCUT2D eigenvalue weighted by Crippen LogP contribution is -2.40. The zero-order valence-electron chi connectivity index (χ0n) is 16.6. The lowest BCUT2D eigenvalue weighted by atomic mass is 9.82. The molecule has 0 amide bonds. The third kappa shape index (κ3) is 3.46. The molecule has 0 fully saturated rings. The summed E-state index contributed by atoms with van der Waals surface area (Å²) in [7, 11) is 1.83. The summed E-state index contributed by atoms with van der Waals surface area (Å²) in [5.41, 5.74) is 2.56. The van der Waals surface area contributed by atoms with Crippen LogP contribution in [-0.2, 0) is 23.2 Å². The Morgan fingerprint density at radius 1 is 1.43 bits per heavy atom. The van der Waals surface area contributed by atoms with Gasteiger partial charge in [0.15, 0.2) is 11.6 Å². The molecule has 0 radical (unpaired) electrons. The number of hydrogen-bond donors (Lipinski definition) is 2. The van der Waals surface area contributed by atoms with E-state index in [-0.39, 0.29) is 24.2 Å². The Kier molecular flexibility index (Phi) is 5.65. The van der Waals surface area contributed by atoms with Gasteiger partial charge in [-0.3, -0.25) is 14.6 Å². The molecule has 2 atom stereocenters. The molecule has 0 bridgehead atoms. The number of aliphatic imine (C=N–C) groups is 1. The summed E-state index contributed by atoms with van der Waals surface area (Å²) >= 11 is 0. The van der Waals surface area contributed by atoms with E-state index in [1.165, 1.54) is 0 Å². The standard InChI is InChI=1S/C21H26FN3O3/c1-5-13-19(24-9-15(20(13)26)21(27)28)12-6-7-16-14(8-12)18(22)17(25(16)4)10-23-11(2)3/h6-8,11,13,15,23H,5,9-10H2,1-4H3,(H,27,28). The zero-order valence-corrected chi connectivity index (χ0v) is 16.6. The van der Waals surface area contributed by atoms with Crippen molar-refractivity contribution in [3.8, 4) is 0 Å². The maximum Gasteiger partial charge on any atom is 0.315 e. The van der Waals surface area contributed by atoms with Crippen LogP contribution < -0.4 is 5.32 Å². The second-order valence-electron chi connectivity index (χ2n) is 7.57. The van der Waals surface area contributed by atoms with Crippen molar-refractivity contribution in [2.24, 2.45) is 23.9 Å². The topological polar surface area (TPSA) is 83.7 Å². The van der Waals surface area contributed by atoms with Crippen molar-refractivity contribution in [1.82, 2.24) is 9.88 Å². The number of aromatic nitrogens is 1. The number of carboxylic acids is 1. The average molecular weight is 387 g/mol. The minimum atomic E-state index is -1.14. The predicted octanol–water partition coefficient (Wildman–Crippen LogP) is 2.91. The van der Waals surface area contributed by atoms with Crippen LogP contribution in [0.25, 0.3) is 10.9 Å². The number of carbonyl (C=O) groups is 2. The molecule has 1 aromatic heterocycles. The van der Waals surface area contributed by atoms with Crippen molar-refractivity contribution in [2.45, 2.75) is 39.8 Å². The molecule has 7 heteroatoms. The van der Waals surface area contributed by atoms with Gasteiger partial charge in [0.25, 0.3) is 0 Å². The molecule has 2 aromatic rings. The van der Waals surface area contributed by atoms with Crippen LogP contribution >= 0.6 is 0 Å². The number of carbonyl (C=O) groups excluding carboxylic acids is 1. The molecule has 150 valence electrons. The smallest absolute Gasteiger partial charge is 0.315 e. The maximum atomic E-state index is 15.1. The number of benzene rings is 1. The summed E-state index contributed by atoms with van der Waals surface area (Å²) < 4.78 is 16.9. The van der Waals surface area contributed by atoms with Crippen LogP contribution in [0.15, 0.2) is 23.2 Å². The first-order valence-electron chi connectivity index (χ1n) is 9.57. The fraction of sp³-hybridized carbons (Fsp3) is 0.476. The van der Waals surface area contributed by atoms with Gasteiger partial charge in [0.1, 0.15) is 5.92 Å². The van der Waals surface area contributed by atoms with E-state index in [1.807, 2.05) is 44.5 Å². The van der Waals surface area contributed by atoms with Crippen molar-refractivity contribution in [2.75, 3.05) is 6.54 Å². The average Bonchev–Trinajstić information content (AvgIpc) is 2.89. The van der Waals surface area contributed by atoms with Crippen molar-refractivity contribution in [3.05, 3.63) is 35.3 Å². The Labute approximate surface area is 163 Å². The molecule has 1 aromatic carbocycles. The van der Waals surface area contributed by atoms with E-state index in [1.54, 1.807) is 6.07 Å². The molecular weight excluding hydrogens is 361 g/mol. The number of Topliss-reactive ketones (excluding diaryl/α,β-unsaturated/α-hetero) is 1. The van der Waals surface area contributed by atoms with Crippen LogP contribution in [-0.4, -0.2) is 39.7 Å². The molecule has 0 spiro atoms. The molecule has 28 heavy (non-hydrogen) atoms. The second-order valence-corrected chi connectivity index (χ2v) is 7.57. The Bertz CT molecular complexity index is 961. The molecule has 0 aliphatic carbocycles. The third-order valence-electron chi connectivity index (χ3n) is 5.39. The number of hydrogen-bond acceptors (Lipinski definition) is 4. The first kappa shape index (κ1) is 20.2. The van der Waals surface area contributed by atoms with Gasteiger partial charge in [-0.15, -0.1) is 0 Å². The van der Waals surface area contributed by atoms with Gasteiger partial charge in [-0.05, 0) is 24.1 Å². The van der Waals surface area contributed by atoms with Crippen LogP contribution in [0.3, 0.4) is 0 Å². The molecular formula is C21H26FN3O3. The molecule has 2 unspecified atom stereocenters. The fourth-order valence-electron chi connectivity index (χ4n) is 3.76. The van der Waals surface area contributed by atoms with E-state index >= 15 is 4.39 Å². The number of ketones is 1. The summed E-state index contributed by atoms with van der Waals surface area (Å²) in [5, 5.41) is 12.9. The highest BCUT2D eigenvalue weighted by atomic mass is 19.1. The van der Waals surface area contributed by atoms with Gasteiger partial charge in [0.05, 0.1) is 29.4 Å². The van der Waals surface area contributed by atoms with Crippen molar-refractivity contribution >= 4 is 28.4 Å². The molecule has 2 heterocycles. The lowest BCUT2D eigenvalue weighted by Gasteiger charge is -2.25. The molecule has 0 saturated carbocycles. The minimum absolute atomic E-state index is 0.0706. The van der Waals surface area contributed by atoms with E-state index in [0.29, 0.717) is 35.3 Å². The highest BCUT2D eigenvalue weighted by Gasteiger charge is 2.38. The summed E-state index contributed by atoms with van der Waals surface area (Å²) in [6.07, 6.45) is 0.459. The minimum Gasteiger partial charge on any atom is -0.481 e. The van der Waals surface area contributed by atoms with Gasteiger partial charge in [0, 0.05) is 25.0 Å². The first-order chi connectivity index (χ1) is 13.3. The molecule has 3 rings (SSSR count). The third-order valence-corrected chi connectivity index (χ3v) is 5.39. The van der Waals surface area contributed by atoms with Crippen LogP contribution in [0.5, 0.6) is 0 Å². The van der Waals surface area contributed by atoms with Crippen molar-refractivity contribution in [1.29, 1.82) is 0 Å². The SMILES string of the molecule is CCC1C(=O)C(C(=O)O)CN=C1c1ccc2c(c1)c(F)c(CNC(C)C)n2C. The van der Waals surface area contributed by atoms with Crippen molar-refractivity contribution < 1.29 is 19.1 Å². The highest BCUT2D eigenvalue weighted by molar-refractivity contribution is 6.19. The summed E-state index contributed by atoms with van der Waals surface area (Å²) in [6, 6.07) is 5.62. The van der Waals surface area contributed by atoms with Gasteiger partial charge in [0.2, 0.25) is 0 Å². The summed E-state index contributed by atoms with van der Waals surface area (Å²) in [4.78, 5) is 28.3. The Hall–Kier alpha value is -2.54. The predicted molar refractivity (Wildman–Crippen MR) is 106 cm³/mol. The number of halogens is 1. The Morgan fingerprint density at radius 3 is 2.75 bits per heavy atom. The Balaban J connectivity index is 2.03. The van der Waals surface area contributed by atoms with Gasteiger partial charge in [-0.2, -0.15) is 0 Å². The van der Waals surface area contributed by atoms with Crippen LogP contribution in [0, 0.1) is 17.7 Å². The van der Waals surface area contributed by atoms with Gasteiger partial charge in [-0.25, -0.2) is 4.39 Å². The number of aliphatic carboxylic acids is 1. The fourth-order valence-corrected chi connectivity index (χ4v) is 3.76. The summed E-state index contributed by atoms with van der Waals surface area (Å²) in [5.74, 6) is -3.43. The number of rotatable bonds is 6. The number of carboxylic acid groups (broad SMARTS) is 1. The van der Waals surface area contributed by atoms with Crippen molar-refractivity contribution in [3.63, 3.8) is 0 Å². The van der Waals surface area contributed by atoms with Gasteiger partial charge in [-0.1, -0.05) is 26.8 Å². The van der Waals surface area contributed by atoms with Gasteiger partial charge < -0.3 is 15.0 Å². The summed E-state index contributed by atoms with van der Waals surface area (Å²) in [6.45, 7) is 6.19. The van der Waals surface area contributed by atoms with Gasteiger partial charge >= 0.3 is 5.97 Å². The molecule has 1 aliphatic heterocycles. The Morgan fingerprint density at radius 2 is 2.14 bits per heavy atom. The monoisotopic (exact) mass is 387 g/mol. The molecule has 6 nitrogen and oxygen atoms in total. The highest BCUT2D eigenvalue weighted by Crippen LogP contribution is 2.29. The first-order valence-corrected chi connectivity index (χ1v) is 9.57. The molecule has 0 saturated heterocycles. The van der Waals surface area contributed by atoms with Crippen LogP contribution in [0.2, 0.25) is 0 Å². The number of aryl methyl sites for hydroxylation is 1. The lowest BCUT2D eigenvalue weighted by molar-refractivity contribution is -0.146. The maximum absolute atomic E-state index is 15.1. The van der Waals surface area contributed by atoms with E-state index in [0.717, 1.165) is 5.52 Å². The second kappa shape index (κ2) is 7.83.